The molecule has 0 aliphatic rings. The molecule has 0 aromatic rings. The fourth-order valence-electron chi connectivity index (χ4n) is 3.73. The third-order valence-corrected chi connectivity index (χ3v) is 5.84. The van der Waals surface area contributed by atoms with Gasteiger partial charge in [-0.3, -0.25) is 0 Å². The molecule has 2 heteroatoms. The van der Waals surface area contributed by atoms with Crippen molar-refractivity contribution in [3.8, 4) is 0 Å². The molecule has 0 bridgehead atoms. The predicted molar refractivity (Wildman–Crippen MR) is 108 cm³/mol. The van der Waals surface area contributed by atoms with Crippen molar-refractivity contribution in [2.75, 3.05) is 7.11 Å². The smallest absolute Gasteiger partial charge is 0.0750 e. The van der Waals surface area contributed by atoms with Gasteiger partial charge >= 0.3 is 0 Å². The minimum Gasteiger partial charge on any atom is -0.380 e. The number of rotatable bonds is 17. The zero-order valence-corrected chi connectivity index (χ0v) is 17.5. The van der Waals surface area contributed by atoms with Crippen LogP contribution in [0.5, 0.6) is 0 Å². The van der Waals surface area contributed by atoms with Crippen LogP contribution in [0.25, 0.3) is 0 Å². The maximum Gasteiger partial charge on any atom is 0.0750 e. The summed E-state index contributed by atoms with van der Waals surface area (Å²) >= 11 is 0. The number of ether oxygens (including phenoxy) is 1. The first-order chi connectivity index (χ1) is 11.6. The summed E-state index contributed by atoms with van der Waals surface area (Å²) in [7, 11) is 1.81. The van der Waals surface area contributed by atoms with Crippen LogP contribution in [0.4, 0.5) is 0 Å². The second kappa shape index (κ2) is 16.4. The maximum atomic E-state index is 6.20. The lowest BCUT2D eigenvalue weighted by Gasteiger charge is -2.31. The lowest BCUT2D eigenvalue weighted by Crippen LogP contribution is -2.42. The third kappa shape index (κ3) is 11.5. The Labute approximate surface area is 153 Å². The Morgan fingerprint density at radius 3 is 1.62 bits per heavy atom. The van der Waals surface area contributed by atoms with Crippen molar-refractivity contribution in [2.24, 2.45) is 17.6 Å². The predicted octanol–water partition coefficient (Wildman–Crippen LogP) is 6.71. The van der Waals surface area contributed by atoms with Gasteiger partial charge in [-0.25, -0.2) is 0 Å². The Bertz CT molecular complexity index is 256. The summed E-state index contributed by atoms with van der Waals surface area (Å²) in [5.74, 6) is 1.25. The van der Waals surface area contributed by atoms with E-state index in [9.17, 15) is 0 Å². The van der Waals surface area contributed by atoms with E-state index >= 15 is 0 Å². The van der Waals surface area contributed by atoms with Crippen molar-refractivity contribution < 1.29 is 4.74 Å². The Morgan fingerprint density at radius 1 is 0.750 bits per heavy atom. The van der Waals surface area contributed by atoms with E-state index in [1.165, 1.54) is 77.0 Å². The van der Waals surface area contributed by atoms with Gasteiger partial charge in [-0.1, -0.05) is 105 Å². The van der Waals surface area contributed by atoms with Crippen LogP contribution < -0.4 is 5.73 Å². The molecule has 0 amide bonds. The lowest BCUT2D eigenvalue weighted by atomic mass is 9.83. The van der Waals surface area contributed by atoms with Gasteiger partial charge in [0.05, 0.1) is 6.10 Å². The molecule has 2 nitrogen and oxygen atoms in total. The van der Waals surface area contributed by atoms with Gasteiger partial charge in [-0.15, -0.1) is 0 Å². The fraction of sp³-hybridized carbons (Fsp3) is 1.00. The molecule has 0 saturated heterocycles. The van der Waals surface area contributed by atoms with E-state index in [0.29, 0.717) is 11.8 Å². The average Bonchev–Trinajstić information content (AvgIpc) is 2.59. The SMILES string of the molecule is CCCCCCCCCCCCCC(C)C(C)C(OC)C(N)CC. The molecule has 0 aliphatic carbocycles. The summed E-state index contributed by atoms with van der Waals surface area (Å²) in [5.41, 5.74) is 6.20. The number of methoxy groups -OCH3 is 1. The molecule has 24 heavy (non-hydrogen) atoms. The Morgan fingerprint density at radius 2 is 1.21 bits per heavy atom. The van der Waals surface area contributed by atoms with Crippen molar-refractivity contribution in [1.82, 2.24) is 0 Å². The van der Waals surface area contributed by atoms with Crippen molar-refractivity contribution in [1.29, 1.82) is 0 Å². The number of hydrogen-bond acceptors (Lipinski definition) is 2. The van der Waals surface area contributed by atoms with Gasteiger partial charge in [-0.05, 0) is 18.3 Å². The van der Waals surface area contributed by atoms with E-state index in [2.05, 4.69) is 27.7 Å². The van der Waals surface area contributed by atoms with Crippen molar-refractivity contribution in [2.45, 2.75) is 123 Å². The van der Waals surface area contributed by atoms with Gasteiger partial charge in [0.1, 0.15) is 0 Å². The lowest BCUT2D eigenvalue weighted by molar-refractivity contribution is 0.0161. The maximum absolute atomic E-state index is 6.20. The fourth-order valence-corrected chi connectivity index (χ4v) is 3.73. The summed E-state index contributed by atoms with van der Waals surface area (Å²) in [4.78, 5) is 0. The van der Waals surface area contributed by atoms with Gasteiger partial charge in [0.25, 0.3) is 0 Å². The Hall–Kier alpha value is -0.0800. The standard InChI is InChI=1S/C22H47NO/c1-6-8-9-10-11-12-13-14-15-16-17-18-19(3)20(4)22(24-5)21(23)7-2/h19-22H,6-18,23H2,1-5H3. The van der Waals surface area contributed by atoms with Crippen LogP contribution in [0, 0.1) is 11.8 Å². The number of nitrogens with two attached hydrogens (primary N) is 1. The van der Waals surface area contributed by atoms with Gasteiger partial charge in [0.2, 0.25) is 0 Å². The largest absolute Gasteiger partial charge is 0.380 e. The second-order valence-corrected chi connectivity index (χ2v) is 7.93. The van der Waals surface area contributed by atoms with Crippen molar-refractivity contribution >= 4 is 0 Å². The highest BCUT2D eigenvalue weighted by Crippen LogP contribution is 2.25. The molecule has 0 aromatic carbocycles. The second-order valence-electron chi connectivity index (χ2n) is 7.93. The van der Waals surface area contributed by atoms with Crippen molar-refractivity contribution in [3.63, 3.8) is 0 Å². The molecule has 0 rings (SSSR count). The van der Waals surface area contributed by atoms with E-state index < -0.39 is 0 Å². The first-order valence-corrected chi connectivity index (χ1v) is 10.9. The molecule has 146 valence electrons. The monoisotopic (exact) mass is 341 g/mol. The van der Waals surface area contributed by atoms with Crippen LogP contribution in [-0.2, 0) is 4.74 Å². The van der Waals surface area contributed by atoms with E-state index in [4.69, 9.17) is 10.5 Å². The Kier molecular flexibility index (Phi) is 16.3. The van der Waals surface area contributed by atoms with E-state index in [0.717, 1.165) is 6.42 Å². The molecule has 0 heterocycles. The zero-order valence-electron chi connectivity index (χ0n) is 17.5. The number of unbranched alkanes of at least 4 members (excludes halogenated alkanes) is 10. The topological polar surface area (TPSA) is 35.2 Å². The van der Waals surface area contributed by atoms with Crippen LogP contribution in [0.1, 0.15) is 111 Å². The summed E-state index contributed by atoms with van der Waals surface area (Å²) in [6.45, 7) is 9.12. The van der Waals surface area contributed by atoms with Gasteiger partial charge in [0, 0.05) is 13.2 Å². The molecule has 0 fully saturated rings. The van der Waals surface area contributed by atoms with E-state index in [-0.39, 0.29) is 12.1 Å². The summed E-state index contributed by atoms with van der Waals surface area (Å²) in [5, 5.41) is 0. The quantitative estimate of drug-likeness (QED) is 0.298. The Balaban J connectivity index is 3.59. The van der Waals surface area contributed by atoms with Gasteiger partial charge in [0.15, 0.2) is 0 Å². The van der Waals surface area contributed by atoms with Gasteiger partial charge in [-0.2, -0.15) is 0 Å². The molecular formula is C22H47NO. The molecular weight excluding hydrogens is 294 g/mol. The zero-order chi connectivity index (χ0) is 18.2. The minimum atomic E-state index is 0.171. The molecule has 0 spiro atoms. The average molecular weight is 342 g/mol. The summed E-state index contributed by atoms with van der Waals surface area (Å²) < 4.78 is 5.67. The first kappa shape index (κ1) is 23.9. The van der Waals surface area contributed by atoms with Gasteiger partial charge < -0.3 is 10.5 Å². The molecule has 2 N–H and O–H groups in total. The highest BCUT2D eigenvalue weighted by atomic mass is 16.5. The van der Waals surface area contributed by atoms with Crippen LogP contribution in [0.15, 0.2) is 0 Å². The first-order valence-electron chi connectivity index (χ1n) is 10.9. The van der Waals surface area contributed by atoms with Crippen LogP contribution in [0.2, 0.25) is 0 Å². The highest BCUT2D eigenvalue weighted by molar-refractivity contribution is 4.80. The molecule has 0 aromatic heterocycles. The van der Waals surface area contributed by atoms with Crippen LogP contribution in [0.3, 0.4) is 0 Å². The summed E-state index contributed by atoms with van der Waals surface area (Å²) in [6.07, 6.45) is 18.1. The normalized spacial score (nSPS) is 16.8. The molecule has 0 aliphatic heterocycles. The molecule has 0 radical (unpaired) electrons. The molecule has 0 saturated carbocycles. The number of hydrogen-bond donors (Lipinski definition) is 1. The highest BCUT2D eigenvalue weighted by Gasteiger charge is 2.26. The van der Waals surface area contributed by atoms with Crippen LogP contribution in [-0.4, -0.2) is 19.3 Å². The van der Waals surface area contributed by atoms with Crippen LogP contribution >= 0.6 is 0 Å². The molecule has 4 unspecified atom stereocenters. The summed E-state index contributed by atoms with van der Waals surface area (Å²) in [6, 6.07) is 0.171. The minimum absolute atomic E-state index is 0.171. The van der Waals surface area contributed by atoms with Crippen molar-refractivity contribution in [3.05, 3.63) is 0 Å². The third-order valence-electron chi connectivity index (χ3n) is 5.84. The van der Waals surface area contributed by atoms with E-state index in [1.807, 2.05) is 7.11 Å². The molecule has 4 atom stereocenters. The van der Waals surface area contributed by atoms with E-state index in [1.54, 1.807) is 0 Å².